The molecule has 0 atom stereocenters. The summed E-state index contributed by atoms with van der Waals surface area (Å²) in [5.41, 5.74) is 7.17. The minimum atomic E-state index is -4.73. The molecule has 3 rings (SSSR count). The van der Waals surface area contributed by atoms with Gasteiger partial charge in [0.05, 0.1) is 6.54 Å². The Balaban J connectivity index is 0.00000280. The summed E-state index contributed by atoms with van der Waals surface area (Å²) in [7, 11) is 0. The zero-order valence-corrected chi connectivity index (χ0v) is 16.6. The van der Waals surface area contributed by atoms with Crippen LogP contribution in [0, 0.1) is 0 Å². The lowest BCUT2D eigenvalue weighted by molar-refractivity contribution is -0.274. The molecule has 1 aromatic carbocycles. The van der Waals surface area contributed by atoms with Gasteiger partial charge in [-0.3, -0.25) is 0 Å². The van der Waals surface area contributed by atoms with Gasteiger partial charge in [0, 0.05) is 24.3 Å². The summed E-state index contributed by atoms with van der Waals surface area (Å²) in [4.78, 5) is 8.43. The maximum atomic E-state index is 12.1. The number of hydrogen-bond donors (Lipinski definition) is 2. The fraction of sp³-hybridized carbons (Fsp3) is 0.118. The minimum absolute atomic E-state index is 0. The monoisotopic (exact) mass is 504 g/mol. The lowest BCUT2D eigenvalue weighted by Gasteiger charge is -2.10. The van der Waals surface area contributed by atoms with Gasteiger partial charge in [-0.15, -0.1) is 37.1 Å². The summed E-state index contributed by atoms with van der Waals surface area (Å²) in [6.07, 6.45) is 0.344. The third-order valence-electron chi connectivity index (χ3n) is 3.34. The van der Waals surface area contributed by atoms with Crippen molar-refractivity contribution in [3.8, 4) is 11.6 Å². The van der Waals surface area contributed by atoms with Gasteiger partial charge in [0.25, 0.3) is 0 Å². The van der Waals surface area contributed by atoms with Crippen molar-refractivity contribution in [1.82, 2.24) is 14.8 Å². The lowest BCUT2D eigenvalue weighted by Crippen LogP contribution is -2.22. The van der Waals surface area contributed by atoms with E-state index in [1.165, 1.54) is 24.3 Å². The first-order valence-corrected chi connectivity index (χ1v) is 7.77. The van der Waals surface area contributed by atoms with Gasteiger partial charge in [0.15, 0.2) is 11.8 Å². The average molecular weight is 504 g/mol. The number of guanidine groups is 1. The van der Waals surface area contributed by atoms with Crippen LogP contribution in [0.2, 0.25) is 0 Å². The molecule has 0 aliphatic heterocycles. The minimum Gasteiger partial charge on any atom is -0.406 e. The van der Waals surface area contributed by atoms with E-state index >= 15 is 0 Å². The molecule has 28 heavy (non-hydrogen) atoms. The summed E-state index contributed by atoms with van der Waals surface area (Å²) in [5, 5.41) is 6.91. The Hall–Kier alpha value is -2.83. The average Bonchev–Trinajstić information content (AvgIpc) is 3.15. The fourth-order valence-corrected chi connectivity index (χ4v) is 2.19. The number of ether oxygens (including phenoxy) is 1. The van der Waals surface area contributed by atoms with Crippen molar-refractivity contribution in [2.45, 2.75) is 12.9 Å². The number of benzene rings is 1. The molecule has 0 radical (unpaired) electrons. The molecule has 2 aromatic heterocycles. The number of nitrogens with two attached hydrogens (primary N) is 1. The molecule has 7 nitrogen and oxygen atoms in total. The van der Waals surface area contributed by atoms with Crippen molar-refractivity contribution in [1.29, 1.82) is 0 Å². The molecule has 3 aromatic rings. The third-order valence-corrected chi connectivity index (χ3v) is 3.34. The van der Waals surface area contributed by atoms with Crippen molar-refractivity contribution in [3.63, 3.8) is 0 Å². The third kappa shape index (κ3) is 6.40. The molecule has 0 bridgehead atoms. The van der Waals surface area contributed by atoms with Crippen molar-refractivity contribution < 1.29 is 17.9 Å². The number of hydrogen-bond acceptors (Lipinski definition) is 4. The van der Waals surface area contributed by atoms with Gasteiger partial charge in [-0.05, 0) is 48.0 Å². The van der Waals surface area contributed by atoms with E-state index in [1.807, 2.05) is 6.07 Å². The van der Waals surface area contributed by atoms with Crippen molar-refractivity contribution in [3.05, 3.63) is 66.6 Å². The Kier molecular flexibility index (Phi) is 7.20. The molecular weight excluding hydrogens is 488 g/mol. The Bertz CT molecular complexity index is 913. The highest BCUT2D eigenvalue weighted by atomic mass is 127. The van der Waals surface area contributed by atoms with E-state index in [0.29, 0.717) is 18.1 Å². The van der Waals surface area contributed by atoms with E-state index in [2.05, 4.69) is 25.1 Å². The number of pyridine rings is 1. The first-order valence-electron chi connectivity index (χ1n) is 7.77. The summed E-state index contributed by atoms with van der Waals surface area (Å²) < 4.78 is 41.9. The molecule has 0 saturated heterocycles. The van der Waals surface area contributed by atoms with Crippen LogP contribution in [0.5, 0.6) is 5.75 Å². The number of aromatic nitrogens is 3. The number of nitrogens with zero attached hydrogens (tertiary/aromatic N) is 4. The standard InChI is InChI=1S/C17H15F3N6O.HI/c18-17(19,20)27-14-4-2-13(3-5-14)25-16(21)23-11-12-6-8-22-15(10-12)26-9-1-7-24-26;/h1-10H,11H2,(H3,21,23,25);1H. The van der Waals surface area contributed by atoms with Crippen molar-refractivity contribution >= 4 is 35.6 Å². The van der Waals surface area contributed by atoms with Crippen LogP contribution in [0.25, 0.3) is 5.82 Å². The molecule has 11 heteroatoms. The Labute approximate surface area is 175 Å². The van der Waals surface area contributed by atoms with Crippen LogP contribution in [0.15, 0.2) is 66.0 Å². The van der Waals surface area contributed by atoms with E-state index in [4.69, 9.17) is 5.73 Å². The van der Waals surface area contributed by atoms with E-state index in [-0.39, 0.29) is 35.7 Å². The van der Waals surface area contributed by atoms with Crippen LogP contribution >= 0.6 is 24.0 Å². The first-order chi connectivity index (χ1) is 12.9. The van der Waals surface area contributed by atoms with Gasteiger partial charge in [-0.25, -0.2) is 14.7 Å². The molecule has 0 amide bonds. The van der Waals surface area contributed by atoms with Crippen LogP contribution in [0.3, 0.4) is 0 Å². The molecule has 0 fully saturated rings. The molecule has 0 aliphatic rings. The van der Waals surface area contributed by atoms with Gasteiger partial charge >= 0.3 is 6.36 Å². The van der Waals surface area contributed by atoms with Crippen LogP contribution in [-0.4, -0.2) is 27.1 Å². The van der Waals surface area contributed by atoms with Gasteiger partial charge in [-0.2, -0.15) is 5.10 Å². The SMILES string of the molecule is I.NC(=NCc1ccnc(-n2cccn2)c1)Nc1ccc(OC(F)(F)F)cc1. The van der Waals surface area contributed by atoms with Crippen molar-refractivity contribution in [2.75, 3.05) is 5.32 Å². The number of aliphatic imine (C=N–C) groups is 1. The topological polar surface area (TPSA) is 90.4 Å². The number of anilines is 1. The molecule has 3 N–H and O–H groups in total. The van der Waals surface area contributed by atoms with E-state index < -0.39 is 6.36 Å². The molecule has 0 aliphatic carbocycles. The van der Waals surface area contributed by atoms with Crippen molar-refractivity contribution in [2.24, 2.45) is 10.7 Å². The Morgan fingerprint density at radius 3 is 2.57 bits per heavy atom. The van der Waals surface area contributed by atoms with Crippen LogP contribution in [0.1, 0.15) is 5.56 Å². The molecule has 148 valence electrons. The van der Waals surface area contributed by atoms with Crippen LogP contribution in [0.4, 0.5) is 18.9 Å². The fourth-order valence-electron chi connectivity index (χ4n) is 2.19. The maximum absolute atomic E-state index is 12.1. The number of nitrogens with one attached hydrogen (secondary N) is 1. The van der Waals surface area contributed by atoms with Gasteiger partial charge in [0.1, 0.15) is 5.75 Å². The number of alkyl halides is 3. The van der Waals surface area contributed by atoms with E-state index in [1.54, 1.807) is 35.4 Å². The molecule has 0 spiro atoms. The summed E-state index contributed by atoms with van der Waals surface area (Å²) in [5.74, 6) is 0.461. The maximum Gasteiger partial charge on any atom is 0.573 e. The summed E-state index contributed by atoms with van der Waals surface area (Å²) >= 11 is 0. The van der Waals surface area contributed by atoms with Gasteiger partial charge < -0.3 is 15.8 Å². The normalized spacial score (nSPS) is 11.6. The van der Waals surface area contributed by atoms with Crippen LogP contribution < -0.4 is 15.8 Å². The summed E-state index contributed by atoms with van der Waals surface area (Å²) in [6.45, 7) is 0.297. The second kappa shape index (κ2) is 9.39. The molecule has 2 heterocycles. The highest BCUT2D eigenvalue weighted by molar-refractivity contribution is 14.0. The zero-order valence-electron chi connectivity index (χ0n) is 14.3. The Morgan fingerprint density at radius 1 is 1.18 bits per heavy atom. The molecule has 0 saturated carbocycles. The second-order valence-electron chi connectivity index (χ2n) is 5.37. The number of halogens is 4. The predicted molar refractivity (Wildman–Crippen MR) is 109 cm³/mol. The quantitative estimate of drug-likeness (QED) is 0.314. The highest BCUT2D eigenvalue weighted by Gasteiger charge is 2.30. The molecule has 0 unspecified atom stereocenters. The first kappa shape index (κ1) is 21.5. The summed E-state index contributed by atoms with van der Waals surface area (Å²) in [6, 6.07) is 10.6. The lowest BCUT2D eigenvalue weighted by atomic mass is 10.2. The van der Waals surface area contributed by atoms with Gasteiger partial charge in [-0.1, -0.05) is 0 Å². The van der Waals surface area contributed by atoms with Crippen LogP contribution in [-0.2, 0) is 6.54 Å². The smallest absolute Gasteiger partial charge is 0.406 e. The highest BCUT2D eigenvalue weighted by Crippen LogP contribution is 2.23. The van der Waals surface area contributed by atoms with E-state index in [0.717, 1.165) is 5.56 Å². The Morgan fingerprint density at radius 2 is 1.93 bits per heavy atom. The van der Waals surface area contributed by atoms with E-state index in [9.17, 15) is 13.2 Å². The largest absolute Gasteiger partial charge is 0.573 e. The molecular formula is C17H16F3IN6O. The number of rotatable bonds is 5. The zero-order chi connectivity index (χ0) is 19.3. The second-order valence-corrected chi connectivity index (χ2v) is 5.37. The van der Waals surface area contributed by atoms with Gasteiger partial charge in [0.2, 0.25) is 0 Å². The predicted octanol–water partition coefficient (Wildman–Crippen LogP) is 3.71.